The molecular weight excluding hydrogens is 223 g/mol. The lowest BCUT2D eigenvalue weighted by atomic mass is 10.7. The van der Waals surface area contributed by atoms with Gasteiger partial charge in [0.1, 0.15) is 6.16 Å². The Morgan fingerprint density at radius 1 is 1.27 bits per heavy atom. The van der Waals surface area contributed by atoms with Gasteiger partial charge in [-0.05, 0) is 13.8 Å². The van der Waals surface area contributed by atoms with Crippen molar-refractivity contribution >= 4 is 19.5 Å². The SMILES string of the molecule is CCOP(=O)(CC(=O)NC(N)=O)OCC. The average Bonchev–Trinajstić information content (AvgIpc) is 2.01. The van der Waals surface area contributed by atoms with Crippen LogP contribution >= 0.6 is 7.60 Å². The molecule has 0 aromatic carbocycles. The number of primary amides is 1. The number of nitrogens with two attached hydrogens (primary N) is 1. The predicted octanol–water partition coefficient (Wildman–Crippen LogP) is 0.447. The minimum absolute atomic E-state index is 0.154. The van der Waals surface area contributed by atoms with E-state index in [0.29, 0.717) is 0 Å². The molecule has 0 rings (SSSR count). The van der Waals surface area contributed by atoms with Crippen molar-refractivity contribution in [3.63, 3.8) is 0 Å². The zero-order valence-electron chi connectivity index (χ0n) is 8.69. The first kappa shape index (κ1) is 14.1. The maximum Gasteiger partial charge on any atom is 0.340 e. The van der Waals surface area contributed by atoms with Crippen LogP contribution in [0.2, 0.25) is 0 Å². The number of hydrogen-bond acceptors (Lipinski definition) is 5. The molecule has 88 valence electrons. The van der Waals surface area contributed by atoms with E-state index in [9.17, 15) is 14.2 Å². The van der Waals surface area contributed by atoms with E-state index >= 15 is 0 Å². The lowest BCUT2D eigenvalue weighted by Gasteiger charge is -2.15. The normalized spacial score (nSPS) is 11.1. The zero-order chi connectivity index (χ0) is 11.9. The molecule has 3 N–H and O–H groups in total. The summed E-state index contributed by atoms with van der Waals surface area (Å²) in [6, 6.07) is -1.00. The third-order valence-corrected chi connectivity index (χ3v) is 3.23. The molecule has 0 atom stereocenters. The van der Waals surface area contributed by atoms with Crippen LogP contribution < -0.4 is 11.1 Å². The second-order valence-corrected chi connectivity index (χ2v) is 4.57. The fourth-order valence-corrected chi connectivity index (χ4v) is 2.35. The molecule has 0 bridgehead atoms. The number of imide groups is 1. The smallest absolute Gasteiger partial charge is 0.340 e. The highest BCUT2D eigenvalue weighted by Gasteiger charge is 2.27. The van der Waals surface area contributed by atoms with Crippen LogP contribution in [0.25, 0.3) is 0 Å². The number of rotatable bonds is 6. The summed E-state index contributed by atoms with van der Waals surface area (Å²) < 4.78 is 21.4. The predicted molar refractivity (Wildman–Crippen MR) is 53.5 cm³/mol. The van der Waals surface area contributed by atoms with Crippen LogP contribution in [0.4, 0.5) is 4.79 Å². The maximum absolute atomic E-state index is 11.7. The number of carbonyl (C=O) groups is 2. The number of hydrogen-bond donors (Lipinski definition) is 2. The van der Waals surface area contributed by atoms with Crippen molar-refractivity contribution in [3.05, 3.63) is 0 Å². The van der Waals surface area contributed by atoms with Crippen molar-refractivity contribution in [1.82, 2.24) is 5.32 Å². The van der Waals surface area contributed by atoms with Gasteiger partial charge in [-0.3, -0.25) is 14.7 Å². The van der Waals surface area contributed by atoms with Crippen LogP contribution in [-0.2, 0) is 18.4 Å². The fourth-order valence-electron chi connectivity index (χ4n) is 0.875. The molecule has 0 spiro atoms. The molecule has 15 heavy (non-hydrogen) atoms. The van der Waals surface area contributed by atoms with Crippen molar-refractivity contribution in [1.29, 1.82) is 0 Å². The van der Waals surface area contributed by atoms with E-state index in [0.717, 1.165) is 0 Å². The van der Waals surface area contributed by atoms with Gasteiger partial charge in [-0.1, -0.05) is 0 Å². The van der Waals surface area contributed by atoms with Gasteiger partial charge in [-0.15, -0.1) is 0 Å². The zero-order valence-corrected chi connectivity index (χ0v) is 9.58. The Kier molecular flexibility index (Phi) is 6.15. The quantitative estimate of drug-likeness (QED) is 0.653. The minimum atomic E-state index is -3.45. The van der Waals surface area contributed by atoms with E-state index in [1.165, 1.54) is 0 Å². The van der Waals surface area contributed by atoms with Crippen LogP contribution in [0.5, 0.6) is 0 Å². The van der Waals surface area contributed by atoms with Crippen LogP contribution in [-0.4, -0.2) is 31.3 Å². The Hall–Kier alpha value is -0.910. The minimum Gasteiger partial charge on any atom is -0.351 e. The maximum atomic E-state index is 11.7. The van der Waals surface area contributed by atoms with Gasteiger partial charge in [0.15, 0.2) is 0 Å². The second-order valence-electron chi connectivity index (χ2n) is 2.52. The van der Waals surface area contributed by atoms with Crippen LogP contribution in [0.3, 0.4) is 0 Å². The van der Waals surface area contributed by atoms with Crippen molar-refractivity contribution in [3.8, 4) is 0 Å². The molecule has 3 amide bonds. The molecule has 8 heteroatoms. The fraction of sp³-hybridized carbons (Fsp3) is 0.714. The first-order valence-electron chi connectivity index (χ1n) is 4.41. The molecule has 0 aliphatic heterocycles. The summed E-state index contributed by atoms with van der Waals surface area (Å²) in [5.74, 6) is -0.785. The summed E-state index contributed by atoms with van der Waals surface area (Å²) in [5.41, 5.74) is 4.72. The van der Waals surface area contributed by atoms with E-state index in [2.05, 4.69) is 0 Å². The van der Waals surface area contributed by atoms with Crippen LogP contribution in [0.15, 0.2) is 0 Å². The first-order valence-corrected chi connectivity index (χ1v) is 6.13. The Morgan fingerprint density at radius 2 is 1.73 bits per heavy atom. The molecule has 0 aromatic rings. The average molecular weight is 238 g/mol. The van der Waals surface area contributed by atoms with Gasteiger partial charge in [-0.25, -0.2) is 4.79 Å². The summed E-state index contributed by atoms with van der Waals surface area (Å²) in [5, 5.41) is 1.78. The van der Waals surface area contributed by atoms with Crippen molar-refractivity contribution in [2.24, 2.45) is 5.73 Å². The van der Waals surface area contributed by atoms with Crippen molar-refractivity contribution < 1.29 is 23.2 Å². The highest BCUT2D eigenvalue weighted by atomic mass is 31.2. The summed E-state index contributed by atoms with van der Waals surface area (Å²) in [6.45, 7) is 3.55. The Balaban J connectivity index is 4.34. The topological polar surface area (TPSA) is 108 Å². The molecule has 0 radical (unpaired) electrons. The summed E-state index contributed by atoms with van der Waals surface area (Å²) in [4.78, 5) is 21.4. The van der Waals surface area contributed by atoms with Crippen molar-refractivity contribution in [2.45, 2.75) is 13.8 Å². The van der Waals surface area contributed by atoms with E-state index in [4.69, 9.17) is 14.8 Å². The lowest BCUT2D eigenvalue weighted by Crippen LogP contribution is -2.37. The molecular formula is C7H15N2O5P. The van der Waals surface area contributed by atoms with Gasteiger partial charge in [0.25, 0.3) is 0 Å². The van der Waals surface area contributed by atoms with E-state index < -0.39 is 25.7 Å². The Morgan fingerprint density at radius 3 is 2.07 bits per heavy atom. The van der Waals surface area contributed by atoms with Gasteiger partial charge in [0.05, 0.1) is 13.2 Å². The molecule has 0 saturated carbocycles. The van der Waals surface area contributed by atoms with Crippen LogP contribution in [0, 0.1) is 0 Å². The standard InChI is InChI=1S/C7H15N2O5P/c1-3-13-15(12,14-4-2)5-6(10)9-7(8)11/h3-5H2,1-2H3,(H3,8,9,10,11). The Bertz CT molecular complexity index is 271. The van der Waals surface area contributed by atoms with Gasteiger partial charge >= 0.3 is 13.6 Å². The first-order chi connectivity index (χ1) is 6.93. The van der Waals surface area contributed by atoms with Gasteiger partial charge in [-0.2, -0.15) is 0 Å². The second kappa shape index (κ2) is 6.55. The summed E-state index contributed by atoms with van der Waals surface area (Å²) >= 11 is 0. The molecule has 0 fully saturated rings. The number of nitrogens with one attached hydrogen (secondary N) is 1. The summed E-state index contributed by atoms with van der Waals surface area (Å²) in [6.07, 6.45) is -0.516. The van der Waals surface area contributed by atoms with E-state index in [1.54, 1.807) is 19.2 Å². The Labute approximate surface area is 87.8 Å². The molecule has 7 nitrogen and oxygen atoms in total. The lowest BCUT2D eigenvalue weighted by molar-refractivity contribution is -0.117. The van der Waals surface area contributed by atoms with Gasteiger partial charge < -0.3 is 14.8 Å². The monoisotopic (exact) mass is 238 g/mol. The number of urea groups is 1. The molecule has 0 aliphatic rings. The van der Waals surface area contributed by atoms with Gasteiger partial charge in [0.2, 0.25) is 5.91 Å². The largest absolute Gasteiger partial charge is 0.351 e. The molecule has 0 aromatic heterocycles. The van der Waals surface area contributed by atoms with E-state index in [1.807, 2.05) is 0 Å². The number of carbonyl (C=O) groups excluding carboxylic acids is 2. The number of amides is 3. The molecule has 0 heterocycles. The third-order valence-electron chi connectivity index (χ3n) is 1.25. The molecule has 0 unspecified atom stereocenters. The van der Waals surface area contributed by atoms with Crippen LogP contribution in [0.1, 0.15) is 13.8 Å². The molecule has 0 aliphatic carbocycles. The molecule has 0 saturated heterocycles. The van der Waals surface area contributed by atoms with Crippen molar-refractivity contribution in [2.75, 3.05) is 19.4 Å². The third kappa shape index (κ3) is 6.22. The van der Waals surface area contributed by atoms with E-state index in [-0.39, 0.29) is 13.2 Å². The van der Waals surface area contributed by atoms with Gasteiger partial charge in [0, 0.05) is 0 Å². The summed E-state index contributed by atoms with van der Waals surface area (Å²) in [7, 11) is -3.45. The highest BCUT2D eigenvalue weighted by molar-refractivity contribution is 7.54. The highest BCUT2D eigenvalue weighted by Crippen LogP contribution is 2.47.